The molecule has 1 fully saturated rings. The molecule has 3 aromatic heterocycles. The van der Waals surface area contributed by atoms with Crippen LogP contribution >= 0.6 is 0 Å². The number of nitrogens with one attached hydrogen (secondary N) is 1. The summed E-state index contributed by atoms with van der Waals surface area (Å²) >= 11 is 0. The lowest BCUT2D eigenvalue weighted by molar-refractivity contribution is 0.199. The molecular formula is C24H24FN5. The lowest BCUT2D eigenvalue weighted by Crippen LogP contribution is -2.48. The molecule has 0 bridgehead atoms. The van der Waals surface area contributed by atoms with Crippen LogP contribution in [0.4, 0.5) is 4.39 Å². The maximum atomic E-state index is 13.5. The zero-order valence-corrected chi connectivity index (χ0v) is 16.9. The third kappa shape index (κ3) is 3.72. The van der Waals surface area contributed by atoms with Crippen LogP contribution in [0.15, 0.2) is 67.1 Å². The first-order valence-corrected chi connectivity index (χ1v) is 10.3. The van der Waals surface area contributed by atoms with Gasteiger partial charge in [0, 0.05) is 61.9 Å². The van der Waals surface area contributed by atoms with Gasteiger partial charge in [0.05, 0.1) is 5.52 Å². The minimum Gasteiger partial charge on any atom is -0.312 e. The molecule has 4 aromatic rings. The lowest BCUT2D eigenvalue weighted by atomic mass is 10.0. The van der Waals surface area contributed by atoms with Gasteiger partial charge in [-0.25, -0.2) is 8.91 Å². The van der Waals surface area contributed by atoms with Gasteiger partial charge in [-0.2, -0.15) is 5.10 Å². The van der Waals surface area contributed by atoms with Crippen molar-refractivity contribution in [3.8, 4) is 22.4 Å². The van der Waals surface area contributed by atoms with Gasteiger partial charge in [-0.3, -0.25) is 9.88 Å². The number of hydrogen-bond donors (Lipinski definition) is 1. The fourth-order valence-electron chi connectivity index (χ4n) is 4.21. The third-order valence-electron chi connectivity index (χ3n) is 5.64. The molecule has 0 amide bonds. The molecule has 1 aromatic carbocycles. The van der Waals surface area contributed by atoms with Crippen LogP contribution in [0.2, 0.25) is 0 Å². The number of halogens is 1. The second-order valence-electron chi connectivity index (χ2n) is 7.92. The smallest absolute Gasteiger partial charge is 0.123 e. The van der Waals surface area contributed by atoms with Crippen molar-refractivity contribution in [2.45, 2.75) is 19.5 Å². The summed E-state index contributed by atoms with van der Waals surface area (Å²) in [6.45, 7) is 6.23. The fraction of sp³-hybridized carbons (Fsp3) is 0.250. The second kappa shape index (κ2) is 7.97. The van der Waals surface area contributed by atoms with Crippen molar-refractivity contribution < 1.29 is 4.39 Å². The number of hydrogen-bond acceptors (Lipinski definition) is 4. The van der Waals surface area contributed by atoms with Crippen molar-refractivity contribution in [1.82, 2.24) is 24.8 Å². The van der Waals surface area contributed by atoms with E-state index in [1.807, 2.05) is 16.6 Å². The summed E-state index contributed by atoms with van der Waals surface area (Å²) in [6.07, 6.45) is 5.68. The van der Waals surface area contributed by atoms with E-state index in [2.05, 4.69) is 40.5 Å². The molecule has 5 nitrogen and oxygen atoms in total. The van der Waals surface area contributed by atoms with Crippen LogP contribution in [0.25, 0.3) is 27.9 Å². The van der Waals surface area contributed by atoms with E-state index in [1.54, 1.807) is 24.5 Å². The summed E-state index contributed by atoms with van der Waals surface area (Å²) in [7, 11) is 0. The monoisotopic (exact) mass is 401 g/mol. The molecule has 0 radical (unpaired) electrons. The summed E-state index contributed by atoms with van der Waals surface area (Å²) < 4.78 is 15.4. The Morgan fingerprint density at radius 3 is 2.60 bits per heavy atom. The van der Waals surface area contributed by atoms with Gasteiger partial charge in [0.25, 0.3) is 0 Å². The first kappa shape index (κ1) is 18.9. The van der Waals surface area contributed by atoms with Gasteiger partial charge in [-0.05, 0) is 60.5 Å². The van der Waals surface area contributed by atoms with Gasteiger partial charge in [0.2, 0.25) is 0 Å². The Labute approximate surface area is 175 Å². The number of aromatic nitrogens is 3. The maximum Gasteiger partial charge on any atom is 0.123 e. The minimum atomic E-state index is -0.250. The molecule has 30 heavy (non-hydrogen) atoms. The van der Waals surface area contributed by atoms with Crippen molar-refractivity contribution in [1.29, 1.82) is 0 Å². The van der Waals surface area contributed by atoms with Gasteiger partial charge in [-0.15, -0.1) is 0 Å². The summed E-state index contributed by atoms with van der Waals surface area (Å²) in [5, 5.41) is 8.39. The van der Waals surface area contributed by atoms with Crippen LogP contribution in [0.5, 0.6) is 0 Å². The summed E-state index contributed by atoms with van der Waals surface area (Å²) in [4.78, 5) is 6.62. The number of nitrogens with zero attached hydrogens (tertiary/aromatic N) is 4. The van der Waals surface area contributed by atoms with E-state index in [4.69, 9.17) is 5.10 Å². The molecule has 1 N–H and O–H groups in total. The number of piperazine rings is 1. The number of fused-ring (bicyclic) bond motifs is 1. The van der Waals surface area contributed by atoms with Gasteiger partial charge in [-0.1, -0.05) is 6.07 Å². The van der Waals surface area contributed by atoms with Gasteiger partial charge in [0.1, 0.15) is 11.5 Å². The Kier molecular flexibility index (Phi) is 5.02. The van der Waals surface area contributed by atoms with Gasteiger partial charge >= 0.3 is 0 Å². The fourth-order valence-corrected chi connectivity index (χ4v) is 4.21. The van der Waals surface area contributed by atoms with Crippen molar-refractivity contribution >= 4 is 5.52 Å². The van der Waals surface area contributed by atoms with Gasteiger partial charge < -0.3 is 5.32 Å². The predicted octanol–water partition coefficient (Wildman–Crippen LogP) is 4.00. The predicted molar refractivity (Wildman–Crippen MR) is 117 cm³/mol. The van der Waals surface area contributed by atoms with E-state index in [1.165, 1.54) is 17.7 Å². The van der Waals surface area contributed by atoms with E-state index in [0.29, 0.717) is 6.04 Å². The highest BCUT2D eigenvalue weighted by Crippen LogP contribution is 2.35. The Bertz CT molecular complexity index is 1150. The molecule has 0 saturated carbocycles. The quantitative estimate of drug-likeness (QED) is 0.562. The average Bonchev–Trinajstić information content (AvgIpc) is 3.13. The highest BCUT2D eigenvalue weighted by Gasteiger charge is 2.19. The van der Waals surface area contributed by atoms with Crippen LogP contribution < -0.4 is 5.32 Å². The summed E-state index contributed by atoms with van der Waals surface area (Å²) in [6, 6.07) is 15.3. The molecule has 4 heterocycles. The molecule has 1 saturated heterocycles. The molecule has 6 heteroatoms. The Hall–Kier alpha value is -3.09. The standard InChI is InChI=1S/C24H24FN5/c1-17-14-29(13-12-27-17)15-18-2-7-22-23(19-8-10-26-11-9-19)24(28-30(22)16-18)20-3-5-21(25)6-4-20/h2-11,16-17,27H,12-15H2,1H3/t17-/m1/s1. The topological polar surface area (TPSA) is 45.5 Å². The molecule has 152 valence electrons. The van der Waals surface area contributed by atoms with E-state index >= 15 is 0 Å². The van der Waals surface area contributed by atoms with Crippen molar-refractivity contribution in [2.24, 2.45) is 0 Å². The molecule has 0 aliphatic carbocycles. The third-order valence-corrected chi connectivity index (χ3v) is 5.64. The van der Waals surface area contributed by atoms with E-state index in [-0.39, 0.29) is 5.82 Å². The molecule has 0 unspecified atom stereocenters. The second-order valence-corrected chi connectivity index (χ2v) is 7.92. The molecule has 1 aliphatic rings. The van der Waals surface area contributed by atoms with Crippen molar-refractivity contribution in [3.63, 3.8) is 0 Å². The average molecular weight is 401 g/mol. The number of rotatable bonds is 4. The summed E-state index contributed by atoms with van der Waals surface area (Å²) in [5.41, 5.74) is 6.07. The van der Waals surface area contributed by atoms with Crippen molar-refractivity contribution in [2.75, 3.05) is 19.6 Å². The van der Waals surface area contributed by atoms with Crippen LogP contribution in [-0.2, 0) is 6.54 Å². The Morgan fingerprint density at radius 1 is 1.03 bits per heavy atom. The maximum absolute atomic E-state index is 13.5. The SMILES string of the molecule is C[C@@H]1CN(Cc2ccc3c(-c4ccncc4)c(-c4ccc(F)cc4)nn3c2)CCN1. The Morgan fingerprint density at radius 2 is 1.83 bits per heavy atom. The van der Waals surface area contributed by atoms with Crippen LogP contribution in [0.1, 0.15) is 12.5 Å². The molecule has 5 rings (SSSR count). The zero-order chi connectivity index (χ0) is 20.5. The molecular weight excluding hydrogens is 377 g/mol. The first-order chi connectivity index (χ1) is 14.7. The highest BCUT2D eigenvalue weighted by molar-refractivity contribution is 5.92. The minimum absolute atomic E-state index is 0.250. The molecule has 1 atom stereocenters. The molecule has 0 spiro atoms. The van der Waals surface area contributed by atoms with Crippen LogP contribution in [0.3, 0.4) is 0 Å². The Balaban J connectivity index is 1.58. The number of benzene rings is 1. The largest absolute Gasteiger partial charge is 0.312 e. The lowest BCUT2D eigenvalue weighted by Gasteiger charge is -2.31. The van der Waals surface area contributed by atoms with E-state index in [0.717, 1.165) is 54.1 Å². The van der Waals surface area contributed by atoms with Crippen LogP contribution in [0, 0.1) is 5.82 Å². The van der Waals surface area contributed by atoms with Crippen molar-refractivity contribution in [3.05, 3.63) is 78.5 Å². The van der Waals surface area contributed by atoms with Crippen LogP contribution in [-0.4, -0.2) is 45.2 Å². The zero-order valence-electron chi connectivity index (χ0n) is 16.9. The van der Waals surface area contributed by atoms with E-state index in [9.17, 15) is 4.39 Å². The number of pyridine rings is 2. The molecule has 1 aliphatic heterocycles. The summed E-state index contributed by atoms with van der Waals surface area (Å²) in [5.74, 6) is -0.250. The normalized spacial score (nSPS) is 17.5. The van der Waals surface area contributed by atoms with Gasteiger partial charge in [0.15, 0.2) is 0 Å². The first-order valence-electron chi connectivity index (χ1n) is 10.3. The van der Waals surface area contributed by atoms with E-state index < -0.39 is 0 Å². The highest BCUT2D eigenvalue weighted by atomic mass is 19.1.